The molecule has 0 saturated carbocycles. The van der Waals surface area contributed by atoms with E-state index in [4.69, 9.17) is 4.74 Å². The van der Waals surface area contributed by atoms with Crippen LogP contribution in [-0.2, 0) is 0 Å². The van der Waals surface area contributed by atoms with Crippen molar-refractivity contribution in [1.82, 2.24) is 15.0 Å². The fourth-order valence-corrected chi connectivity index (χ4v) is 1.33. The van der Waals surface area contributed by atoms with Crippen LogP contribution in [0.15, 0.2) is 23.0 Å². The van der Waals surface area contributed by atoms with Gasteiger partial charge in [-0.3, -0.25) is 4.98 Å². The monoisotopic (exact) mass is 235 g/mol. The topological polar surface area (TPSA) is 67.9 Å². The van der Waals surface area contributed by atoms with E-state index in [1.54, 1.807) is 19.1 Å². The van der Waals surface area contributed by atoms with Crippen LogP contribution in [0.1, 0.15) is 5.56 Å². The molecule has 88 valence electrons. The number of halogens is 1. The second-order valence-corrected chi connectivity index (χ2v) is 3.45. The smallest absolute Gasteiger partial charge is 0.351 e. The van der Waals surface area contributed by atoms with Gasteiger partial charge in [0, 0.05) is 5.56 Å². The Balaban J connectivity index is 2.55. The summed E-state index contributed by atoms with van der Waals surface area (Å²) < 4.78 is 18.2. The van der Waals surface area contributed by atoms with Gasteiger partial charge in [0.1, 0.15) is 11.6 Å². The van der Waals surface area contributed by atoms with Crippen LogP contribution in [0.25, 0.3) is 11.4 Å². The number of aromatic amines is 1. The molecule has 1 N–H and O–H groups in total. The molecule has 1 aromatic heterocycles. The summed E-state index contributed by atoms with van der Waals surface area (Å²) in [6.07, 6.45) is 0. The molecule has 1 heterocycles. The Bertz CT molecular complexity index is 610. The van der Waals surface area contributed by atoms with E-state index in [0.717, 1.165) is 0 Å². The van der Waals surface area contributed by atoms with Crippen molar-refractivity contribution in [1.29, 1.82) is 0 Å². The molecule has 0 aliphatic heterocycles. The highest BCUT2D eigenvalue weighted by atomic mass is 19.1. The van der Waals surface area contributed by atoms with Gasteiger partial charge in [-0.1, -0.05) is 12.1 Å². The van der Waals surface area contributed by atoms with Gasteiger partial charge in [0.2, 0.25) is 0 Å². The van der Waals surface area contributed by atoms with Crippen LogP contribution in [0.2, 0.25) is 0 Å². The first-order chi connectivity index (χ1) is 8.10. The molecule has 2 rings (SSSR count). The average Bonchev–Trinajstić information content (AvgIpc) is 2.32. The summed E-state index contributed by atoms with van der Waals surface area (Å²) >= 11 is 0. The van der Waals surface area contributed by atoms with Crippen molar-refractivity contribution in [2.24, 2.45) is 0 Å². The van der Waals surface area contributed by atoms with Gasteiger partial charge in [0.05, 0.1) is 7.11 Å². The molecule has 0 saturated heterocycles. The molecule has 0 bridgehead atoms. The predicted molar refractivity (Wildman–Crippen MR) is 59.3 cm³/mol. The highest BCUT2D eigenvalue weighted by Gasteiger charge is 2.07. The minimum absolute atomic E-state index is 0.0512. The fraction of sp³-hybridized carbons (Fsp3) is 0.182. The summed E-state index contributed by atoms with van der Waals surface area (Å²) in [5.74, 6) is -0.137. The zero-order valence-electron chi connectivity index (χ0n) is 9.32. The molecule has 0 spiro atoms. The molecule has 6 heteroatoms. The number of H-pyrrole nitrogens is 1. The van der Waals surface area contributed by atoms with Gasteiger partial charge >= 0.3 is 11.7 Å². The molecule has 1 aromatic carbocycles. The molecule has 0 aliphatic carbocycles. The van der Waals surface area contributed by atoms with E-state index < -0.39 is 5.69 Å². The van der Waals surface area contributed by atoms with Crippen LogP contribution in [0.5, 0.6) is 6.01 Å². The molecule has 5 nitrogen and oxygen atoms in total. The first-order valence-corrected chi connectivity index (χ1v) is 4.89. The average molecular weight is 235 g/mol. The highest BCUT2D eigenvalue weighted by molar-refractivity contribution is 5.55. The van der Waals surface area contributed by atoms with Crippen LogP contribution in [0, 0.1) is 12.7 Å². The number of nitrogens with zero attached hydrogens (tertiary/aromatic N) is 2. The van der Waals surface area contributed by atoms with E-state index in [1.165, 1.54) is 13.2 Å². The number of aromatic nitrogens is 3. The number of benzene rings is 1. The van der Waals surface area contributed by atoms with Crippen molar-refractivity contribution < 1.29 is 9.13 Å². The lowest BCUT2D eigenvalue weighted by molar-refractivity contribution is 0.377. The first-order valence-electron chi connectivity index (χ1n) is 4.89. The summed E-state index contributed by atoms with van der Waals surface area (Å²) in [6.45, 7) is 1.66. The van der Waals surface area contributed by atoms with Crippen molar-refractivity contribution in [2.75, 3.05) is 7.11 Å². The molecule has 2 aromatic rings. The lowest BCUT2D eigenvalue weighted by Gasteiger charge is -2.03. The van der Waals surface area contributed by atoms with Crippen molar-refractivity contribution in [3.05, 3.63) is 40.1 Å². The Morgan fingerprint density at radius 1 is 1.35 bits per heavy atom. The van der Waals surface area contributed by atoms with Crippen molar-refractivity contribution in [3.63, 3.8) is 0 Å². The van der Waals surface area contributed by atoms with E-state index >= 15 is 0 Å². The summed E-state index contributed by atoms with van der Waals surface area (Å²) in [5, 5.41) is 0. The summed E-state index contributed by atoms with van der Waals surface area (Å²) in [6, 6.07) is 4.52. The van der Waals surface area contributed by atoms with E-state index in [1.807, 2.05) is 0 Å². The quantitative estimate of drug-likeness (QED) is 0.851. The third-order valence-corrected chi connectivity index (χ3v) is 2.26. The standard InChI is InChI=1S/C11H10FN3O2/c1-6-3-4-7(5-8(6)12)9-13-10(16)15-11(14-9)17-2/h3-5H,1-2H3,(H,13,14,15,16). The molecule has 0 fully saturated rings. The van der Waals surface area contributed by atoms with E-state index in [-0.39, 0.29) is 17.7 Å². The molecular weight excluding hydrogens is 225 g/mol. The lowest BCUT2D eigenvalue weighted by atomic mass is 10.1. The van der Waals surface area contributed by atoms with Crippen molar-refractivity contribution >= 4 is 0 Å². The van der Waals surface area contributed by atoms with Gasteiger partial charge in [-0.15, -0.1) is 4.98 Å². The molecule has 0 aliphatic rings. The number of aryl methyl sites for hydroxylation is 1. The van der Waals surface area contributed by atoms with Crippen LogP contribution in [0.4, 0.5) is 4.39 Å². The zero-order chi connectivity index (χ0) is 12.4. The number of hydrogen-bond donors (Lipinski definition) is 1. The number of rotatable bonds is 2. The first kappa shape index (κ1) is 11.3. The Labute approximate surface area is 96.3 Å². The Hall–Kier alpha value is -2.24. The molecule has 0 amide bonds. The maximum absolute atomic E-state index is 13.4. The normalized spacial score (nSPS) is 10.3. The summed E-state index contributed by atoms with van der Waals surface area (Å²) in [7, 11) is 1.36. The minimum Gasteiger partial charge on any atom is -0.467 e. The van der Waals surface area contributed by atoms with Crippen LogP contribution in [-0.4, -0.2) is 22.1 Å². The van der Waals surface area contributed by atoms with Crippen LogP contribution < -0.4 is 10.4 Å². The van der Waals surface area contributed by atoms with Gasteiger partial charge < -0.3 is 4.74 Å². The Kier molecular flexibility index (Phi) is 2.86. The van der Waals surface area contributed by atoms with Gasteiger partial charge in [-0.25, -0.2) is 9.18 Å². The summed E-state index contributed by atoms with van der Waals surface area (Å²) in [5.41, 5.74) is 0.399. The minimum atomic E-state index is -0.590. The lowest BCUT2D eigenvalue weighted by Crippen LogP contribution is -2.14. The third kappa shape index (κ3) is 2.30. The van der Waals surface area contributed by atoms with Gasteiger partial charge in [0.25, 0.3) is 0 Å². The van der Waals surface area contributed by atoms with Gasteiger partial charge in [-0.2, -0.15) is 4.98 Å². The molecule has 0 radical (unpaired) electrons. The number of methoxy groups -OCH3 is 1. The number of nitrogens with one attached hydrogen (secondary N) is 1. The number of hydrogen-bond acceptors (Lipinski definition) is 4. The van der Waals surface area contributed by atoms with Gasteiger partial charge in [-0.05, 0) is 18.6 Å². The van der Waals surface area contributed by atoms with Crippen molar-refractivity contribution in [2.45, 2.75) is 6.92 Å². The maximum Gasteiger partial charge on any atom is 0.351 e. The van der Waals surface area contributed by atoms with E-state index in [0.29, 0.717) is 11.1 Å². The van der Waals surface area contributed by atoms with Gasteiger partial charge in [0.15, 0.2) is 0 Å². The second-order valence-electron chi connectivity index (χ2n) is 3.45. The molecule has 0 atom stereocenters. The second kappa shape index (κ2) is 4.32. The fourth-order valence-electron chi connectivity index (χ4n) is 1.33. The molecule has 17 heavy (non-hydrogen) atoms. The third-order valence-electron chi connectivity index (χ3n) is 2.26. The van der Waals surface area contributed by atoms with E-state index in [2.05, 4.69) is 15.0 Å². The molecular formula is C11H10FN3O2. The van der Waals surface area contributed by atoms with Crippen LogP contribution in [0.3, 0.4) is 0 Å². The largest absolute Gasteiger partial charge is 0.467 e. The Morgan fingerprint density at radius 2 is 2.12 bits per heavy atom. The SMILES string of the molecule is COc1nc(-c2ccc(C)c(F)c2)[nH]c(=O)n1. The summed E-state index contributed by atoms with van der Waals surface area (Å²) in [4.78, 5) is 21.1. The number of ether oxygens (including phenoxy) is 1. The maximum atomic E-state index is 13.4. The van der Waals surface area contributed by atoms with Crippen LogP contribution >= 0.6 is 0 Å². The zero-order valence-corrected chi connectivity index (χ0v) is 9.32. The highest BCUT2D eigenvalue weighted by Crippen LogP contribution is 2.18. The van der Waals surface area contributed by atoms with E-state index in [9.17, 15) is 9.18 Å². The Morgan fingerprint density at radius 3 is 2.76 bits per heavy atom. The van der Waals surface area contributed by atoms with Crippen molar-refractivity contribution in [3.8, 4) is 17.4 Å². The molecule has 0 unspecified atom stereocenters. The predicted octanol–water partition coefficient (Wildman–Crippen LogP) is 1.29.